The van der Waals surface area contributed by atoms with Gasteiger partial charge in [0, 0.05) is 46.5 Å². The topological polar surface area (TPSA) is 15.5 Å². The van der Waals surface area contributed by atoms with Crippen molar-refractivity contribution in [1.82, 2.24) is 0 Å². The zero-order valence-electron chi connectivity index (χ0n) is 80.4. The predicted octanol–water partition coefficient (Wildman–Crippen LogP) is 29.4. The number of benzene rings is 8. The Morgan fingerprint density at radius 1 is 0.266 bits per heavy atom. The van der Waals surface area contributed by atoms with E-state index < -0.39 is 0 Å². The molecule has 20 rings (SSSR count). The van der Waals surface area contributed by atoms with Crippen molar-refractivity contribution < 1.29 is 18.3 Å². The van der Waals surface area contributed by atoms with Crippen molar-refractivity contribution in [1.29, 1.82) is 0 Å². The molecule has 4 aromatic heterocycles. The fraction of sp³-hybridized carbons (Fsp3) is 0.433. The lowest BCUT2D eigenvalue weighted by Crippen LogP contribution is -2.34. The van der Waals surface area contributed by atoms with Crippen LogP contribution in [0, 0.1) is 105 Å². The van der Waals surface area contributed by atoms with E-state index >= 15 is 0 Å². The van der Waals surface area contributed by atoms with Crippen molar-refractivity contribution >= 4 is 0 Å². The summed E-state index contributed by atoms with van der Waals surface area (Å²) in [5.41, 5.74) is 60.1. The molecule has 8 aliphatic rings. The van der Waals surface area contributed by atoms with Crippen LogP contribution in [0.15, 0.2) is 170 Å². The molecule has 4 heteroatoms. The number of hydrogen-bond acceptors (Lipinski definition) is 0. The van der Waals surface area contributed by atoms with Crippen LogP contribution >= 0.6 is 0 Å². The van der Waals surface area contributed by atoms with Gasteiger partial charge in [-0.05, 0) is 413 Å². The number of nitrogens with zero attached hydrogens (tertiary/aromatic N) is 4. The number of pyridine rings is 4. The summed E-state index contributed by atoms with van der Waals surface area (Å²) in [6.07, 6.45) is 36.0. The normalized spacial score (nSPS) is 17.0. The molecule has 8 aromatic carbocycles. The third-order valence-corrected chi connectivity index (χ3v) is 32.9. The van der Waals surface area contributed by atoms with Gasteiger partial charge in [0.05, 0.1) is 22.3 Å². The van der Waals surface area contributed by atoms with Gasteiger partial charge >= 0.3 is 0 Å². The van der Waals surface area contributed by atoms with Crippen molar-refractivity contribution in [3.8, 4) is 89.5 Å². The largest absolute Gasteiger partial charge is 0.213 e. The average Bonchev–Trinajstić information content (AvgIpc) is 1.57. The Morgan fingerprint density at radius 3 is 1.12 bits per heavy atom. The fourth-order valence-electron chi connectivity index (χ4n) is 24.3. The standard InChI is InChI=1S/2C35H44N.2C25H28N/c1-23-10-11-29-30(32(23)31-20-24(2)25(3)22-36(31)6)21-27-8-7-9-28(33(27)29)26-12-14-35(15-13-26)18-16-34(4,5)17-19-35;1-23-20-31(36(6)22-25(23)3)32-24(2)19-29(33-28-10-8-7-9-27(28)21-30(32)33)26-11-13-35(14-12-26)17-15-34(4,5)16-18-35;1-15(2)19-8-10-21-20(12-19)13-23-22(21)9-7-16(3)25(23)24-11-17(4)18(5)14-26(24)6;1-15(2)19-8-7-9-20-21-11-10-16(3)25(23(21)13-22(19)20)24-12-17(4)18(5)14-26(24)6/h7-11,20,22,26H,12-19,21H2,1-6H3;7-10,19-20,22,26H,11-18,21H2,1-6H3;2*7-12,14-15H,13H2,1-6H3/q4*+1. The van der Waals surface area contributed by atoms with Gasteiger partial charge in [0.25, 0.3) is 0 Å². The molecular formula is C120H144N4+4. The minimum Gasteiger partial charge on any atom is -0.201 e. The SMILES string of the molecule is Cc1cc(-c2c(C)cc(C3CCC4(CC3)CCC(C)(C)CC4)c3c2Cc2ccccc2-3)[n+](C)cc1C.Cc1cc(-c2c(C)ccc3c2Cc2c-3cccc2C(C)C)[n+](C)cc1C.Cc1cc(-c2c(C)ccc3c2Cc2cc(C(C)C)ccc2-3)[n+](C)cc1C.Cc1cc(-c2c(C)ccc3c2Cc2cccc(C4CCC5(CC4)CCC(C)(C)CC5)c2-3)[n+](C)cc1C. The van der Waals surface area contributed by atoms with Crippen LogP contribution in [0.2, 0.25) is 0 Å². The van der Waals surface area contributed by atoms with Crippen molar-refractivity contribution in [3.63, 3.8) is 0 Å². The summed E-state index contributed by atoms with van der Waals surface area (Å²) < 4.78 is 9.26. The molecule has 2 spiro atoms. The monoisotopic (exact) mass is 1640 g/mol. The molecule has 0 saturated heterocycles. The fourth-order valence-corrected chi connectivity index (χ4v) is 24.3. The zero-order valence-corrected chi connectivity index (χ0v) is 80.4. The molecule has 0 amide bonds. The molecule has 4 heterocycles. The highest BCUT2D eigenvalue weighted by atomic mass is 14.9. The minimum absolute atomic E-state index is 0.557. The van der Waals surface area contributed by atoms with Crippen LogP contribution in [0.3, 0.4) is 0 Å². The number of aryl methyl sites for hydroxylation is 16. The van der Waals surface area contributed by atoms with Gasteiger partial charge in [0.1, 0.15) is 28.2 Å². The molecule has 0 atom stereocenters. The van der Waals surface area contributed by atoms with Gasteiger partial charge in [0.2, 0.25) is 22.8 Å². The van der Waals surface area contributed by atoms with Crippen molar-refractivity contribution in [3.05, 3.63) is 304 Å². The molecule has 124 heavy (non-hydrogen) atoms. The van der Waals surface area contributed by atoms with Crippen LogP contribution in [-0.2, 0) is 53.9 Å². The number of rotatable bonds is 8. The van der Waals surface area contributed by atoms with Crippen molar-refractivity contribution in [2.45, 2.75) is 291 Å². The molecule has 640 valence electrons. The van der Waals surface area contributed by atoms with E-state index in [0.717, 1.165) is 25.7 Å². The third-order valence-electron chi connectivity index (χ3n) is 32.9. The van der Waals surface area contributed by atoms with Crippen LogP contribution in [0.5, 0.6) is 0 Å². The van der Waals surface area contributed by atoms with E-state index in [1.54, 1.807) is 33.4 Å². The maximum absolute atomic E-state index is 2.60. The van der Waals surface area contributed by atoms with Gasteiger partial charge in [-0.2, -0.15) is 0 Å². The Kier molecular flexibility index (Phi) is 23.4. The summed E-state index contributed by atoms with van der Waals surface area (Å²) in [4.78, 5) is 0. The molecule has 4 nitrogen and oxygen atoms in total. The Morgan fingerprint density at radius 2 is 0.645 bits per heavy atom. The van der Waals surface area contributed by atoms with Crippen molar-refractivity contribution in [2.24, 2.45) is 49.9 Å². The molecule has 8 aliphatic carbocycles. The molecule has 4 fully saturated rings. The molecule has 0 aliphatic heterocycles. The van der Waals surface area contributed by atoms with Crippen LogP contribution in [0.25, 0.3) is 89.5 Å². The Balaban J connectivity index is 0.000000119. The Hall–Kier alpha value is -9.64. The highest BCUT2D eigenvalue weighted by Crippen LogP contribution is 2.60. The summed E-state index contributed by atoms with van der Waals surface area (Å²) in [5.74, 6) is 2.55. The lowest BCUT2D eigenvalue weighted by molar-refractivity contribution is -0.660. The van der Waals surface area contributed by atoms with E-state index in [4.69, 9.17) is 0 Å². The number of fused-ring (bicyclic) bond motifs is 12. The number of aromatic nitrogens is 4. The highest BCUT2D eigenvalue weighted by molar-refractivity contribution is 5.91. The van der Waals surface area contributed by atoms with Crippen LogP contribution < -0.4 is 18.3 Å². The maximum Gasteiger partial charge on any atom is 0.213 e. The van der Waals surface area contributed by atoms with E-state index in [2.05, 4.69) is 355 Å². The molecule has 0 bridgehead atoms. The first kappa shape index (κ1) is 86.5. The first-order valence-corrected chi connectivity index (χ1v) is 48.0. The molecule has 0 radical (unpaired) electrons. The summed E-state index contributed by atoms with van der Waals surface area (Å²) in [7, 11) is 8.76. The lowest BCUT2D eigenvalue weighted by Gasteiger charge is -2.47. The second-order valence-corrected chi connectivity index (χ2v) is 43.1. The third kappa shape index (κ3) is 16.2. The second-order valence-electron chi connectivity index (χ2n) is 43.1. The van der Waals surface area contributed by atoms with E-state index in [1.807, 2.05) is 0 Å². The second kappa shape index (κ2) is 33.6. The number of hydrogen-bond donors (Lipinski definition) is 0. The van der Waals surface area contributed by atoms with Gasteiger partial charge < -0.3 is 0 Å². The first-order valence-electron chi connectivity index (χ1n) is 48.0. The smallest absolute Gasteiger partial charge is 0.201 e. The summed E-state index contributed by atoms with van der Waals surface area (Å²) in [6, 6.07) is 56.4. The van der Waals surface area contributed by atoms with Crippen LogP contribution in [0.4, 0.5) is 0 Å². The molecular weight excluding hydrogens is 1500 g/mol. The van der Waals surface area contributed by atoms with E-state index in [0.29, 0.717) is 45.3 Å². The van der Waals surface area contributed by atoms with E-state index in [1.165, 1.54) is 292 Å². The van der Waals surface area contributed by atoms with Gasteiger partial charge in [-0.15, -0.1) is 0 Å². The Labute approximate surface area is 747 Å². The summed E-state index contributed by atoms with van der Waals surface area (Å²) in [5, 5.41) is 0. The summed E-state index contributed by atoms with van der Waals surface area (Å²) in [6.45, 7) is 45.9. The zero-order chi connectivity index (χ0) is 87.7. The first-order chi connectivity index (χ1) is 59.1. The van der Waals surface area contributed by atoms with E-state index in [-0.39, 0.29) is 0 Å². The molecule has 4 saturated carbocycles. The highest BCUT2D eigenvalue weighted by Gasteiger charge is 2.45. The quantitative estimate of drug-likeness (QED) is 0.135. The predicted molar refractivity (Wildman–Crippen MR) is 522 cm³/mol. The average molecular weight is 1640 g/mol. The van der Waals surface area contributed by atoms with Gasteiger partial charge in [-0.25, -0.2) is 18.3 Å². The molecule has 12 aromatic rings. The van der Waals surface area contributed by atoms with Gasteiger partial charge in [-0.1, -0.05) is 177 Å². The molecule has 0 N–H and O–H groups in total. The molecule has 0 unspecified atom stereocenters. The van der Waals surface area contributed by atoms with Crippen molar-refractivity contribution in [2.75, 3.05) is 0 Å². The van der Waals surface area contributed by atoms with Crippen LogP contribution in [0.1, 0.15) is 315 Å². The minimum atomic E-state index is 0.557. The lowest BCUT2D eigenvalue weighted by atomic mass is 9.58. The Bertz CT molecular complexity index is 6190. The van der Waals surface area contributed by atoms with E-state index in [9.17, 15) is 0 Å². The summed E-state index contributed by atoms with van der Waals surface area (Å²) >= 11 is 0. The maximum atomic E-state index is 2.60. The van der Waals surface area contributed by atoms with Gasteiger partial charge in [0.15, 0.2) is 24.8 Å². The van der Waals surface area contributed by atoms with Gasteiger partial charge in [-0.3, -0.25) is 0 Å². The van der Waals surface area contributed by atoms with Crippen LogP contribution in [-0.4, -0.2) is 0 Å².